The maximum atomic E-state index is 13.2. The molecule has 154 valence electrons. The number of hydrogen-bond donors (Lipinski definition) is 0. The van der Waals surface area contributed by atoms with E-state index in [0.717, 1.165) is 4.88 Å². The lowest BCUT2D eigenvalue weighted by atomic mass is 10.1. The molecule has 0 amide bonds. The van der Waals surface area contributed by atoms with Crippen molar-refractivity contribution in [3.05, 3.63) is 102 Å². The molecule has 0 fully saturated rings. The molecule has 0 atom stereocenters. The van der Waals surface area contributed by atoms with Gasteiger partial charge in [-0.05, 0) is 55.0 Å². The number of aryl methyl sites for hydroxylation is 1. The van der Waals surface area contributed by atoms with Gasteiger partial charge in [0.05, 0.1) is 10.7 Å². The number of Topliss-reactive ketones (excluding diaryl/α,β-unsaturated/α-hetero) is 1. The number of non-ortho nitro benzene ring substituents is 1. The zero-order valence-electron chi connectivity index (χ0n) is 15.7. The minimum absolute atomic E-state index is 0.0554. The Kier molecular flexibility index (Phi) is 6.50. The van der Waals surface area contributed by atoms with E-state index in [2.05, 4.69) is 0 Å². The molecule has 0 aliphatic heterocycles. The molecule has 0 aliphatic carbocycles. The Morgan fingerprint density at radius 2 is 1.70 bits per heavy atom. The molecule has 1 heterocycles. The van der Waals surface area contributed by atoms with Crippen LogP contribution in [0.25, 0.3) is 6.08 Å². The molecule has 0 aliphatic rings. The maximum absolute atomic E-state index is 13.2. The van der Waals surface area contributed by atoms with Crippen molar-refractivity contribution in [2.45, 2.75) is 12.7 Å². The van der Waals surface area contributed by atoms with Gasteiger partial charge in [-0.15, -0.1) is 11.3 Å². The summed E-state index contributed by atoms with van der Waals surface area (Å²) in [6.07, 6.45) is 1.35. The second-order valence-corrected chi connectivity index (χ2v) is 10.2. The molecule has 30 heavy (non-hydrogen) atoms. The molecule has 6 nitrogen and oxygen atoms in total. The largest absolute Gasteiger partial charge is 0.288 e. The van der Waals surface area contributed by atoms with Crippen molar-refractivity contribution in [3.8, 4) is 0 Å². The van der Waals surface area contributed by atoms with Gasteiger partial charge in [-0.25, -0.2) is 8.42 Å². The third kappa shape index (κ3) is 5.21. The topological polar surface area (TPSA) is 94.3 Å². The number of allylic oxidation sites excluding steroid dienone is 1. The molecule has 0 radical (unpaired) electrons. The summed E-state index contributed by atoms with van der Waals surface area (Å²) in [4.78, 5) is 24.6. The minimum atomic E-state index is -4.01. The minimum Gasteiger partial charge on any atom is -0.288 e. The highest BCUT2D eigenvalue weighted by atomic mass is 35.5. The molecule has 0 saturated heterocycles. The standard InChI is InChI=1S/C21H16ClNO5S2/c1-14-2-11-19(29-14)12-20(21(24)16-5-9-18(10-6-16)23(25)26)30(27,28)13-15-3-7-17(22)8-4-15/h2-12H,13H2,1H3/b20-12+. The Labute approximate surface area is 182 Å². The number of carbonyl (C=O) groups is 1. The first-order valence-corrected chi connectivity index (χ1v) is 11.5. The molecule has 1 aromatic heterocycles. The van der Waals surface area contributed by atoms with Gasteiger partial charge in [0.1, 0.15) is 4.91 Å². The molecule has 0 bridgehead atoms. The quantitative estimate of drug-likeness (QED) is 0.201. The lowest BCUT2D eigenvalue weighted by Gasteiger charge is -2.09. The van der Waals surface area contributed by atoms with E-state index in [9.17, 15) is 23.3 Å². The van der Waals surface area contributed by atoms with Crippen LogP contribution in [0.1, 0.15) is 25.7 Å². The average Bonchev–Trinajstić information content (AvgIpc) is 3.12. The molecule has 0 unspecified atom stereocenters. The number of nitrogens with zero attached hydrogens (tertiary/aromatic N) is 1. The van der Waals surface area contributed by atoms with Crippen molar-refractivity contribution >= 4 is 50.3 Å². The monoisotopic (exact) mass is 461 g/mol. The van der Waals surface area contributed by atoms with Crippen LogP contribution in [0.5, 0.6) is 0 Å². The Morgan fingerprint density at radius 3 is 2.23 bits per heavy atom. The molecule has 2 aromatic carbocycles. The van der Waals surface area contributed by atoms with E-state index in [1.165, 1.54) is 41.7 Å². The van der Waals surface area contributed by atoms with Gasteiger partial charge < -0.3 is 0 Å². The number of carbonyl (C=O) groups excluding carboxylic acids is 1. The van der Waals surface area contributed by atoms with Crippen LogP contribution in [0, 0.1) is 17.0 Å². The fraction of sp³-hybridized carbons (Fsp3) is 0.0952. The third-order valence-corrected chi connectivity index (χ3v) is 7.09. The van der Waals surface area contributed by atoms with Crippen LogP contribution in [0.2, 0.25) is 5.02 Å². The van der Waals surface area contributed by atoms with Crippen molar-refractivity contribution in [3.63, 3.8) is 0 Å². The summed E-state index contributed by atoms with van der Waals surface area (Å²) in [5.74, 6) is -1.09. The Hall–Kier alpha value is -2.81. The van der Waals surface area contributed by atoms with Gasteiger partial charge in [0.2, 0.25) is 5.78 Å². The molecule has 3 aromatic rings. The predicted molar refractivity (Wildman–Crippen MR) is 119 cm³/mol. The summed E-state index contributed by atoms with van der Waals surface area (Å²) in [6.45, 7) is 1.88. The summed E-state index contributed by atoms with van der Waals surface area (Å²) in [7, 11) is -4.01. The SMILES string of the molecule is Cc1ccc(/C=C(\C(=O)c2ccc([N+](=O)[O-])cc2)S(=O)(=O)Cc2ccc(Cl)cc2)s1. The summed E-state index contributed by atoms with van der Waals surface area (Å²) in [5, 5.41) is 11.3. The second-order valence-electron chi connectivity index (χ2n) is 6.48. The number of ketones is 1. The van der Waals surface area contributed by atoms with Crippen LogP contribution in [-0.2, 0) is 15.6 Å². The van der Waals surface area contributed by atoms with Gasteiger partial charge in [0.25, 0.3) is 5.69 Å². The van der Waals surface area contributed by atoms with Crippen LogP contribution < -0.4 is 0 Å². The number of rotatable bonds is 7. The van der Waals surface area contributed by atoms with Crippen molar-refractivity contribution < 1.29 is 18.1 Å². The van der Waals surface area contributed by atoms with E-state index >= 15 is 0 Å². The van der Waals surface area contributed by atoms with E-state index in [1.807, 2.05) is 13.0 Å². The number of hydrogen-bond acceptors (Lipinski definition) is 6. The number of nitro benzene ring substituents is 1. The molecular weight excluding hydrogens is 446 g/mol. The highest BCUT2D eigenvalue weighted by Crippen LogP contribution is 2.26. The maximum Gasteiger partial charge on any atom is 0.269 e. The number of halogens is 1. The van der Waals surface area contributed by atoms with Crippen LogP contribution in [0.15, 0.2) is 65.6 Å². The lowest BCUT2D eigenvalue weighted by Crippen LogP contribution is -2.16. The summed E-state index contributed by atoms with van der Waals surface area (Å²) in [5.41, 5.74) is 0.360. The van der Waals surface area contributed by atoms with Crippen molar-refractivity contribution in [1.82, 2.24) is 0 Å². The molecule has 0 spiro atoms. The van der Waals surface area contributed by atoms with E-state index in [4.69, 9.17) is 11.6 Å². The van der Waals surface area contributed by atoms with Crippen molar-refractivity contribution in [2.24, 2.45) is 0 Å². The third-order valence-electron chi connectivity index (χ3n) is 4.20. The Morgan fingerprint density at radius 1 is 1.07 bits per heavy atom. The first-order valence-electron chi connectivity index (χ1n) is 8.70. The summed E-state index contributed by atoms with van der Waals surface area (Å²) >= 11 is 7.22. The highest BCUT2D eigenvalue weighted by Gasteiger charge is 2.27. The second kappa shape index (κ2) is 8.91. The van der Waals surface area contributed by atoms with Gasteiger partial charge in [-0.1, -0.05) is 23.7 Å². The molecule has 0 saturated carbocycles. The Balaban J connectivity index is 2.03. The number of thiophene rings is 1. The van der Waals surface area contributed by atoms with E-state index in [0.29, 0.717) is 15.5 Å². The normalized spacial score (nSPS) is 12.0. The molecule has 0 N–H and O–H groups in total. The lowest BCUT2D eigenvalue weighted by molar-refractivity contribution is -0.384. The molecular formula is C21H16ClNO5S2. The first-order chi connectivity index (χ1) is 14.2. The first kappa shape index (κ1) is 21.9. The number of sulfone groups is 1. The number of benzene rings is 2. The molecule has 9 heteroatoms. The van der Waals surface area contributed by atoms with Gasteiger partial charge in [-0.3, -0.25) is 14.9 Å². The van der Waals surface area contributed by atoms with E-state index in [-0.39, 0.29) is 21.9 Å². The fourth-order valence-electron chi connectivity index (χ4n) is 2.71. The zero-order chi connectivity index (χ0) is 21.9. The van der Waals surface area contributed by atoms with Crippen molar-refractivity contribution in [1.29, 1.82) is 0 Å². The van der Waals surface area contributed by atoms with Gasteiger partial charge in [0.15, 0.2) is 9.84 Å². The van der Waals surface area contributed by atoms with Crippen LogP contribution in [-0.4, -0.2) is 19.1 Å². The fourth-order valence-corrected chi connectivity index (χ4v) is 5.23. The summed E-state index contributed by atoms with van der Waals surface area (Å²) < 4.78 is 26.3. The van der Waals surface area contributed by atoms with Crippen LogP contribution in [0.3, 0.4) is 0 Å². The van der Waals surface area contributed by atoms with Crippen LogP contribution >= 0.6 is 22.9 Å². The van der Waals surface area contributed by atoms with E-state index < -0.39 is 20.5 Å². The van der Waals surface area contributed by atoms with Gasteiger partial charge in [0, 0.05) is 32.5 Å². The van der Waals surface area contributed by atoms with Gasteiger partial charge in [-0.2, -0.15) is 0 Å². The average molecular weight is 462 g/mol. The van der Waals surface area contributed by atoms with Crippen molar-refractivity contribution in [2.75, 3.05) is 0 Å². The zero-order valence-corrected chi connectivity index (χ0v) is 18.1. The van der Waals surface area contributed by atoms with E-state index in [1.54, 1.807) is 30.3 Å². The molecule has 3 rings (SSSR count). The highest BCUT2D eigenvalue weighted by molar-refractivity contribution is 7.95. The predicted octanol–water partition coefficient (Wildman–Crippen LogP) is 5.46. The van der Waals surface area contributed by atoms with Gasteiger partial charge >= 0.3 is 0 Å². The number of nitro groups is 1. The summed E-state index contributed by atoms with van der Waals surface area (Å²) in [6, 6.07) is 14.8. The smallest absolute Gasteiger partial charge is 0.269 e. The van der Waals surface area contributed by atoms with Crippen LogP contribution in [0.4, 0.5) is 5.69 Å². The Bertz CT molecular complexity index is 1230.